The first kappa shape index (κ1) is 11.3. The van der Waals surface area contributed by atoms with E-state index in [2.05, 4.69) is 10.3 Å². The summed E-state index contributed by atoms with van der Waals surface area (Å²) in [5, 5.41) is 10.4. The number of hydrogen-bond donors (Lipinski definition) is 2. The Kier molecular flexibility index (Phi) is 4.73. The average molecular weight is 190 g/mol. The van der Waals surface area contributed by atoms with Crippen LogP contribution in [0.25, 0.3) is 0 Å². The van der Waals surface area contributed by atoms with Crippen LogP contribution in [-0.2, 0) is 0 Å². The number of aliphatic imine (C=N–C) groups is 1. The van der Waals surface area contributed by atoms with Crippen molar-refractivity contribution in [1.82, 2.24) is 5.32 Å². The van der Waals surface area contributed by atoms with Crippen LogP contribution in [0.4, 0.5) is 4.79 Å². The summed E-state index contributed by atoms with van der Waals surface area (Å²) in [6.45, 7) is 4.16. The molecule has 0 aromatic heterocycles. The molecule has 0 atom stereocenters. The predicted molar refractivity (Wildman–Crippen MR) is 52.1 cm³/mol. The predicted octanol–water partition coefficient (Wildman–Crippen LogP) is 1.42. The second-order valence-corrected chi connectivity index (χ2v) is 4.22. The molecule has 0 aromatic carbocycles. The minimum absolute atomic E-state index is 0.0276. The topological polar surface area (TPSA) is 61.7 Å². The number of carboxylic acid groups (broad SMARTS) is 1. The van der Waals surface area contributed by atoms with Crippen molar-refractivity contribution in [2.75, 3.05) is 12.9 Å². The van der Waals surface area contributed by atoms with E-state index < -0.39 is 6.09 Å². The number of amides is 1. The Morgan fingerprint density at radius 2 is 2.33 bits per heavy atom. The molecule has 4 nitrogen and oxygen atoms in total. The van der Waals surface area contributed by atoms with Gasteiger partial charge in [0.05, 0.1) is 0 Å². The van der Waals surface area contributed by atoms with Gasteiger partial charge in [0.25, 0.3) is 0 Å². The molecule has 5 heteroatoms. The molecule has 0 saturated heterocycles. The second kappa shape index (κ2) is 5.03. The van der Waals surface area contributed by atoms with Gasteiger partial charge in [-0.3, -0.25) is 4.99 Å². The zero-order chi connectivity index (χ0) is 9.61. The molecule has 1 amide bonds. The molecular weight excluding hydrogens is 176 g/mol. The lowest BCUT2D eigenvalue weighted by molar-refractivity contribution is 0.195. The molecule has 70 valence electrons. The van der Waals surface area contributed by atoms with Crippen LogP contribution in [0.15, 0.2) is 4.99 Å². The van der Waals surface area contributed by atoms with E-state index in [1.165, 1.54) is 0 Å². The summed E-state index contributed by atoms with van der Waals surface area (Å²) in [6, 6.07) is 0. The third-order valence-corrected chi connectivity index (χ3v) is 2.41. The summed E-state index contributed by atoms with van der Waals surface area (Å²) in [7, 11) is 0. The lowest BCUT2D eigenvalue weighted by Crippen LogP contribution is -2.22. The number of nitrogens with one attached hydrogen (secondary N) is 1. The van der Waals surface area contributed by atoms with Gasteiger partial charge in [-0.15, -0.1) is 0 Å². The fraction of sp³-hybridized carbons (Fsp3) is 0.714. The number of rotatable bonds is 4. The molecule has 0 fully saturated rings. The monoisotopic (exact) mass is 190 g/mol. The summed E-state index contributed by atoms with van der Waals surface area (Å²) in [5.74, 6) is 0. The van der Waals surface area contributed by atoms with Crippen LogP contribution in [0.5, 0.6) is 0 Å². The van der Waals surface area contributed by atoms with Gasteiger partial charge < -0.3 is 10.4 Å². The van der Waals surface area contributed by atoms with E-state index in [-0.39, 0.29) is 11.4 Å². The van der Waals surface area contributed by atoms with Crippen molar-refractivity contribution in [3.05, 3.63) is 0 Å². The van der Waals surface area contributed by atoms with Crippen molar-refractivity contribution in [1.29, 1.82) is 0 Å². The number of nitrogens with zero attached hydrogens (tertiary/aromatic N) is 1. The molecular formula is C7H14N2O2S. The molecule has 0 rings (SSSR count). The summed E-state index contributed by atoms with van der Waals surface area (Å²) in [6.07, 6.45) is 2.68. The van der Waals surface area contributed by atoms with Gasteiger partial charge in [-0.05, 0) is 20.1 Å². The Bertz CT molecular complexity index is 180. The molecule has 0 heterocycles. The highest BCUT2D eigenvalue weighted by Gasteiger charge is 2.11. The fourth-order valence-electron chi connectivity index (χ4n) is 0.431. The Balaban J connectivity index is 3.68. The molecule has 0 unspecified atom stereocenters. The van der Waals surface area contributed by atoms with E-state index in [9.17, 15) is 4.79 Å². The summed E-state index contributed by atoms with van der Waals surface area (Å²) < 4.78 is -0.0276. The van der Waals surface area contributed by atoms with Crippen molar-refractivity contribution >= 4 is 24.1 Å². The quantitative estimate of drug-likeness (QED) is 0.659. The van der Waals surface area contributed by atoms with Crippen molar-refractivity contribution in [2.24, 2.45) is 4.99 Å². The Hall–Kier alpha value is -0.710. The zero-order valence-corrected chi connectivity index (χ0v) is 8.31. The summed E-state index contributed by atoms with van der Waals surface area (Å²) >= 11 is 1.66. The van der Waals surface area contributed by atoms with Crippen molar-refractivity contribution in [3.8, 4) is 0 Å². The standard InChI is InChI=1S/C7H14N2O2S/c1-7(2,12-3)4-8-5-9-6(10)11/h4,9H,5H2,1-3H3,(H,10,11). The van der Waals surface area contributed by atoms with Gasteiger partial charge in [0, 0.05) is 11.0 Å². The smallest absolute Gasteiger partial charge is 0.406 e. The highest BCUT2D eigenvalue weighted by molar-refractivity contribution is 8.00. The van der Waals surface area contributed by atoms with Gasteiger partial charge in [-0.1, -0.05) is 0 Å². The largest absolute Gasteiger partial charge is 0.465 e. The lowest BCUT2D eigenvalue weighted by Gasteiger charge is -2.14. The van der Waals surface area contributed by atoms with Gasteiger partial charge in [0.15, 0.2) is 0 Å². The molecule has 0 aliphatic carbocycles. The van der Waals surface area contributed by atoms with Crippen LogP contribution in [-0.4, -0.2) is 35.1 Å². The second-order valence-electron chi connectivity index (χ2n) is 2.76. The molecule has 0 bridgehead atoms. The van der Waals surface area contributed by atoms with Gasteiger partial charge in [-0.2, -0.15) is 11.8 Å². The van der Waals surface area contributed by atoms with Crippen LogP contribution in [0.1, 0.15) is 13.8 Å². The van der Waals surface area contributed by atoms with Gasteiger partial charge >= 0.3 is 6.09 Å². The van der Waals surface area contributed by atoms with E-state index >= 15 is 0 Å². The Morgan fingerprint density at radius 3 is 2.75 bits per heavy atom. The van der Waals surface area contributed by atoms with E-state index in [4.69, 9.17) is 5.11 Å². The minimum atomic E-state index is -1.05. The maximum absolute atomic E-state index is 10.0. The first-order valence-electron chi connectivity index (χ1n) is 3.51. The van der Waals surface area contributed by atoms with Crippen molar-refractivity contribution in [3.63, 3.8) is 0 Å². The molecule has 0 aliphatic heterocycles. The van der Waals surface area contributed by atoms with Crippen LogP contribution in [0.2, 0.25) is 0 Å². The van der Waals surface area contributed by atoms with Crippen LogP contribution in [0.3, 0.4) is 0 Å². The van der Waals surface area contributed by atoms with Crippen molar-refractivity contribution in [2.45, 2.75) is 18.6 Å². The maximum Gasteiger partial charge on any atom is 0.406 e. The van der Waals surface area contributed by atoms with Gasteiger partial charge in [-0.25, -0.2) is 4.79 Å². The van der Waals surface area contributed by atoms with Crippen LogP contribution < -0.4 is 5.32 Å². The Labute approximate surface area is 76.5 Å². The molecule has 12 heavy (non-hydrogen) atoms. The SMILES string of the molecule is CSC(C)(C)C=NCNC(=O)O. The third kappa shape index (κ3) is 6.03. The van der Waals surface area contributed by atoms with Crippen LogP contribution >= 0.6 is 11.8 Å². The molecule has 0 spiro atoms. The highest BCUT2D eigenvalue weighted by atomic mass is 32.2. The average Bonchev–Trinajstić information content (AvgIpc) is 1.98. The van der Waals surface area contributed by atoms with E-state index in [0.29, 0.717) is 0 Å². The molecule has 0 radical (unpaired) electrons. The first-order chi connectivity index (χ1) is 5.48. The molecule has 0 saturated carbocycles. The number of thioether (sulfide) groups is 1. The molecule has 0 aromatic rings. The van der Waals surface area contributed by atoms with E-state index in [1.54, 1.807) is 18.0 Å². The highest BCUT2D eigenvalue weighted by Crippen LogP contribution is 2.17. The van der Waals surface area contributed by atoms with E-state index in [1.807, 2.05) is 20.1 Å². The fourth-order valence-corrected chi connectivity index (χ4v) is 0.611. The molecule has 2 N–H and O–H groups in total. The number of hydrogen-bond acceptors (Lipinski definition) is 3. The third-order valence-electron chi connectivity index (χ3n) is 1.25. The zero-order valence-electron chi connectivity index (χ0n) is 7.50. The maximum atomic E-state index is 10.0. The normalized spacial score (nSPS) is 11.9. The summed E-state index contributed by atoms with van der Waals surface area (Å²) in [4.78, 5) is 13.9. The van der Waals surface area contributed by atoms with Crippen LogP contribution in [0, 0.1) is 0 Å². The molecule has 0 aliphatic rings. The van der Waals surface area contributed by atoms with Gasteiger partial charge in [0.1, 0.15) is 6.67 Å². The minimum Gasteiger partial charge on any atom is -0.465 e. The lowest BCUT2D eigenvalue weighted by atomic mass is 10.2. The number of carbonyl (C=O) groups is 1. The summed E-state index contributed by atoms with van der Waals surface area (Å²) in [5.41, 5.74) is 0. The van der Waals surface area contributed by atoms with Gasteiger partial charge in [0.2, 0.25) is 0 Å². The van der Waals surface area contributed by atoms with Crippen molar-refractivity contribution < 1.29 is 9.90 Å². The van der Waals surface area contributed by atoms with E-state index in [0.717, 1.165) is 0 Å². The Morgan fingerprint density at radius 1 is 1.75 bits per heavy atom. The first-order valence-corrected chi connectivity index (χ1v) is 4.73.